The fourth-order valence-electron chi connectivity index (χ4n) is 4.26. The largest absolute Gasteiger partial charge is 0.279 e. The molecular weight excluding hydrogens is 373 g/mol. The molecule has 4 aromatic rings. The van der Waals surface area contributed by atoms with Gasteiger partial charge in [-0.1, -0.05) is 47.5 Å². The van der Waals surface area contributed by atoms with Crippen molar-refractivity contribution in [1.82, 2.24) is 14.4 Å². The Labute approximate surface area is 178 Å². The Morgan fingerprint density at radius 3 is 2.17 bits per heavy atom. The molecule has 0 aliphatic rings. The van der Waals surface area contributed by atoms with Gasteiger partial charge in [0, 0.05) is 16.9 Å². The van der Waals surface area contributed by atoms with Gasteiger partial charge in [0.05, 0.1) is 16.6 Å². The summed E-state index contributed by atoms with van der Waals surface area (Å²) >= 11 is 0. The number of imidazole rings is 1. The van der Waals surface area contributed by atoms with Gasteiger partial charge in [0.15, 0.2) is 0 Å². The second-order valence-corrected chi connectivity index (χ2v) is 9.43. The first-order valence-electron chi connectivity index (χ1n) is 11.3. The number of benzene rings is 2. The molecule has 2 heterocycles. The van der Waals surface area contributed by atoms with Crippen LogP contribution in [0.2, 0.25) is 0 Å². The molecule has 0 spiro atoms. The van der Waals surface area contributed by atoms with Crippen LogP contribution in [0.15, 0.2) is 30.3 Å². The normalized spacial score (nSPS) is 12.5. The molecule has 0 bridgehead atoms. The van der Waals surface area contributed by atoms with E-state index in [0.717, 1.165) is 40.7 Å². The van der Waals surface area contributed by atoms with E-state index in [2.05, 4.69) is 51.2 Å². The first-order valence-corrected chi connectivity index (χ1v) is 11.3. The molecule has 0 saturated carbocycles. The van der Waals surface area contributed by atoms with Crippen molar-refractivity contribution in [3.8, 4) is 0 Å². The highest BCUT2D eigenvalue weighted by atomic mass is 19.1. The van der Waals surface area contributed by atoms with Crippen LogP contribution in [0.25, 0.3) is 27.6 Å². The van der Waals surface area contributed by atoms with Crippen molar-refractivity contribution in [2.45, 2.75) is 78.6 Å². The number of nitrogens with zero attached hydrogens (tertiary/aromatic N) is 3. The molecule has 30 heavy (non-hydrogen) atoms. The van der Waals surface area contributed by atoms with Gasteiger partial charge in [-0.2, -0.15) is 0 Å². The van der Waals surface area contributed by atoms with Crippen LogP contribution in [0, 0.1) is 5.82 Å². The Morgan fingerprint density at radius 1 is 0.867 bits per heavy atom. The third-order valence-corrected chi connectivity index (χ3v) is 5.88. The van der Waals surface area contributed by atoms with Crippen LogP contribution in [-0.2, 0) is 18.3 Å². The van der Waals surface area contributed by atoms with Crippen molar-refractivity contribution < 1.29 is 4.39 Å². The van der Waals surface area contributed by atoms with Crippen molar-refractivity contribution in [2.24, 2.45) is 0 Å². The van der Waals surface area contributed by atoms with E-state index in [9.17, 15) is 4.39 Å². The molecular formula is C26H32FN3. The monoisotopic (exact) mass is 405 g/mol. The molecule has 0 atom stereocenters. The van der Waals surface area contributed by atoms with Crippen LogP contribution >= 0.6 is 0 Å². The minimum Gasteiger partial charge on any atom is -0.279 e. The third-order valence-electron chi connectivity index (χ3n) is 5.88. The maximum Gasteiger partial charge on any atom is 0.148 e. The highest BCUT2D eigenvalue weighted by Gasteiger charge is 2.24. The molecule has 0 radical (unpaired) electrons. The van der Waals surface area contributed by atoms with E-state index in [4.69, 9.17) is 9.97 Å². The maximum absolute atomic E-state index is 13.9. The molecule has 3 nitrogen and oxygen atoms in total. The average Bonchev–Trinajstić information content (AvgIpc) is 3.06. The standard InChI is InChI=1S/C26H32FN3/c1-6-8-10-17-14-22-23(15-18(17)11-9-7-2)30-24(28-22)20-13-12-19(27)16-21(20)29-25(30)26(3,4)5/h12-16H,6-11H2,1-5H3. The van der Waals surface area contributed by atoms with Crippen LogP contribution in [0.3, 0.4) is 0 Å². The van der Waals surface area contributed by atoms with Gasteiger partial charge in [-0.05, 0) is 61.1 Å². The Hall–Kier alpha value is -2.49. The van der Waals surface area contributed by atoms with Gasteiger partial charge in [0.1, 0.15) is 17.3 Å². The van der Waals surface area contributed by atoms with Gasteiger partial charge in [0.2, 0.25) is 0 Å². The van der Waals surface area contributed by atoms with E-state index in [0.29, 0.717) is 5.52 Å². The van der Waals surface area contributed by atoms with Gasteiger partial charge in [-0.15, -0.1) is 0 Å². The summed E-state index contributed by atoms with van der Waals surface area (Å²) in [7, 11) is 0. The van der Waals surface area contributed by atoms with Crippen LogP contribution in [0.4, 0.5) is 4.39 Å². The van der Waals surface area contributed by atoms with E-state index >= 15 is 0 Å². The number of unbranched alkanes of at least 4 members (excludes halogenated alkanes) is 2. The molecule has 4 heteroatoms. The number of halogens is 1. The Kier molecular flexibility index (Phi) is 5.52. The van der Waals surface area contributed by atoms with Gasteiger partial charge >= 0.3 is 0 Å². The summed E-state index contributed by atoms with van der Waals surface area (Å²) in [6.07, 6.45) is 6.93. The second-order valence-electron chi connectivity index (χ2n) is 9.43. The van der Waals surface area contributed by atoms with Gasteiger partial charge < -0.3 is 0 Å². The highest BCUT2D eigenvalue weighted by Crippen LogP contribution is 2.32. The van der Waals surface area contributed by atoms with E-state index < -0.39 is 0 Å². The smallest absolute Gasteiger partial charge is 0.148 e. The quantitative estimate of drug-likeness (QED) is 0.341. The lowest BCUT2D eigenvalue weighted by Crippen LogP contribution is -2.19. The third kappa shape index (κ3) is 3.68. The molecule has 0 saturated heterocycles. The van der Waals surface area contributed by atoms with Crippen LogP contribution in [-0.4, -0.2) is 14.4 Å². The van der Waals surface area contributed by atoms with E-state index in [1.54, 1.807) is 6.07 Å². The number of aromatic nitrogens is 3. The van der Waals surface area contributed by atoms with E-state index in [1.807, 2.05) is 0 Å². The summed E-state index contributed by atoms with van der Waals surface area (Å²) in [5.41, 5.74) is 6.30. The molecule has 0 amide bonds. The summed E-state index contributed by atoms with van der Waals surface area (Å²) in [6.45, 7) is 10.9. The minimum absolute atomic E-state index is 0.198. The zero-order valence-corrected chi connectivity index (χ0v) is 18.8. The predicted molar refractivity (Wildman–Crippen MR) is 124 cm³/mol. The van der Waals surface area contributed by atoms with Crippen LogP contribution in [0.5, 0.6) is 0 Å². The molecule has 2 aromatic carbocycles. The van der Waals surface area contributed by atoms with Gasteiger partial charge in [-0.25, -0.2) is 14.4 Å². The molecule has 158 valence electrons. The Morgan fingerprint density at radius 2 is 1.53 bits per heavy atom. The van der Waals surface area contributed by atoms with Crippen LogP contribution in [0.1, 0.15) is 77.3 Å². The summed E-state index contributed by atoms with van der Waals surface area (Å²) in [6, 6.07) is 9.44. The summed E-state index contributed by atoms with van der Waals surface area (Å²) < 4.78 is 16.1. The summed E-state index contributed by atoms with van der Waals surface area (Å²) in [4.78, 5) is 9.94. The number of fused-ring (bicyclic) bond motifs is 5. The lowest BCUT2D eigenvalue weighted by atomic mass is 9.94. The van der Waals surface area contributed by atoms with Crippen molar-refractivity contribution in [2.75, 3.05) is 0 Å². The SMILES string of the molecule is CCCCc1cc2nc3c4ccc(F)cc4nc(C(C)(C)C)n3c2cc1CCCC. The summed E-state index contributed by atoms with van der Waals surface area (Å²) in [5.74, 6) is 0.653. The van der Waals surface area contributed by atoms with Crippen molar-refractivity contribution in [3.63, 3.8) is 0 Å². The van der Waals surface area contributed by atoms with E-state index in [1.165, 1.54) is 48.9 Å². The number of hydrogen-bond acceptors (Lipinski definition) is 2. The molecule has 0 aliphatic carbocycles. The lowest BCUT2D eigenvalue weighted by Gasteiger charge is -2.21. The lowest BCUT2D eigenvalue weighted by molar-refractivity contribution is 0.542. The molecule has 4 rings (SSSR count). The average molecular weight is 406 g/mol. The number of rotatable bonds is 6. The molecule has 0 fully saturated rings. The molecule has 0 aliphatic heterocycles. The van der Waals surface area contributed by atoms with Crippen molar-refractivity contribution in [1.29, 1.82) is 0 Å². The molecule has 0 N–H and O–H groups in total. The first kappa shape index (κ1) is 20.8. The number of hydrogen-bond donors (Lipinski definition) is 0. The first-order chi connectivity index (χ1) is 14.3. The highest BCUT2D eigenvalue weighted by molar-refractivity contribution is 5.96. The van der Waals surface area contributed by atoms with Crippen LogP contribution < -0.4 is 0 Å². The molecule has 2 aromatic heterocycles. The van der Waals surface area contributed by atoms with Gasteiger partial charge in [-0.3, -0.25) is 4.40 Å². The van der Waals surface area contributed by atoms with Gasteiger partial charge in [0.25, 0.3) is 0 Å². The Balaban J connectivity index is 2.08. The zero-order valence-electron chi connectivity index (χ0n) is 18.8. The second kappa shape index (κ2) is 7.98. The predicted octanol–water partition coefficient (Wildman–Crippen LogP) is 7.16. The zero-order chi connectivity index (χ0) is 21.5. The Bertz CT molecular complexity index is 1210. The van der Waals surface area contributed by atoms with Crippen molar-refractivity contribution in [3.05, 3.63) is 53.1 Å². The molecule has 0 unspecified atom stereocenters. The maximum atomic E-state index is 13.9. The van der Waals surface area contributed by atoms with Crippen molar-refractivity contribution >= 4 is 27.6 Å². The number of aryl methyl sites for hydroxylation is 2. The fourth-order valence-corrected chi connectivity index (χ4v) is 4.26. The van der Waals surface area contributed by atoms with E-state index in [-0.39, 0.29) is 11.2 Å². The summed E-state index contributed by atoms with van der Waals surface area (Å²) in [5, 5.41) is 0.894. The topological polar surface area (TPSA) is 30.2 Å². The fraction of sp³-hybridized carbons (Fsp3) is 0.462. The minimum atomic E-state index is -0.265.